The topological polar surface area (TPSA) is 81.8 Å². The first-order valence-corrected chi connectivity index (χ1v) is 11.8. The van der Waals surface area contributed by atoms with Crippen molar-refractivity contribution in [1.29, 1.82) is 0 Å². The summed E-state index contributed by atoms with van der Waals surface area (Å²) in [6.45, 7) is 2.57. The molecular formula is C27H32N4O3. The SMILES string of the molecule is CCc1ccc(C(CNC(=O)c2cccc(N3NC(=O)C4CC=CCC4C3=O)c2)N(C)C)cc1. The minimum absolute atomic E-state index is 0.0253. The van der Waals surface area contributed by atoms with Gasteiger partial charge in [-0.25, -0.2) is 5.01 Å². The summed E-state index contributed by atoms with van der Waals surface area (Å²) in [5, 5.41) is 4.31. The second kappa shape index (κ2) is 10.2. The molecule has 0 aromatic heterocycles. The van der Waals surface area contributed by atoms with Crippen molar-refractivity contribution in [2.45, 2.75) is 32.2 Å². The fraction of sp³-hybridized carbons (Fsp3) is 0.370. The van der Waals surface area contributed by atoms with E-state index in [1.807, 2.05) is 26.2 Å². The fourth-order valence-electron chi connectivity index (χ4n) is 4.63. The zero-order valence-corrected chi connectivity index (χ0v) is 20.0. The number of anilines is 1. The molecule has 2 aromatic carbocycles. The summed E-state index contributed by atoms with van der Waals surface area (Å²) in [7, 11) is 3.98. The highest BCUT2D eigenvalue weighted by atomic mass is 16.2. The van der Waals surface area contributed by atoms with E-state index in [1.165, 1.54) is 10.6 Å². The Balaban J connectivity index is 1.46. The average molecular weight is 461 g/mol. The second-order valence-corrected chi connectivity index (χ2v) is 9.14. The van der Waals surface area contributed by atoms with Gasteiger partial charge in [-0.3, -0.25) is 19.8 Å². The molecule has 0 spiro atoms. The van der Waals surface area contributed by atoms with Gasteiger partial charge in [0.15, 0.2) is 0 Å². The van der Waals surface area contributed by atoms with Gasteiger partial charge in [-0.2, -0.15) is 0 Å². The van der Waals surface area contributed by atoms with Gasteiger partial charge in [0.2, 0.25) is 11.8 Å². The van der Waals surface area contributed by atoms with Crippen LogP contribution in [0.5, 0.6) is 0 Å². The molecule has 3 amide bonds. The number of benzene rings is 2. The zero-order chi connectivity index (χ0) is 24.2. The van der Waals surface area contributed by atoms with E-state index < -0.39 is 0 Å². The molecule has 34 heavy (non-hydrogen) atoms. The smallest absolute Gasteiger partial charge is 0.251 e. The van der Waals surface area contributed by atoms with Crippen LogP contribution in [0.4, 0.5) is 5.69 Å². The minimum atomic E-state index is -0.365. The Morgan fingerprint density at radius 3 is 2.47 bits per heavy atom. The Morgan fingerprint density at radius 2 is 1.79 bits per heavy atom. The third-order valence-electron chi connectivity index (χ3n) is 6.75. The number of rotatable bonds is 7. The highest BCUT2D eigenvalue weighted by molar-refractivity contribution is 6.05. The van der Waals surface area contributed by atoms with E-state index in [-0.39, 0.29) is 35.6 Å². The van der Waals surface area contributed by atoms with Crippen molar-refractivity contribution in [3.63, 3.8) is 0 Å². The molecule has 1 fully saturated rings. The van der Waals surface area contributed by atoms with Gasteiger partial charge in [0, 0.05) is 12.1 Å². The molecule has 7 nitrogen and oxygen atoms in total. The van der Waals surface area contributed by atoms with E-state index in [4.69, 9.17) is 0 Å². The van der Waals surface area contributed by atoms with Crippen LogP contribution in [-0.4, -0.2) is 43.3 Å². The summed E-state index contributed by atoms with van der Waals surface area (Å²) >= 11 is 0. The lowest BCUT2D eigenvalue weighted by atomic mass is 9.80. The number of carbonyl (C=O) groups excluding carboxylic acids is 3. The Bertz CT molecular complexity index is 1090. The molecule has 0 bridgehead atoms. The van der Waals surface area contributed by atoms with Gasteiger partial charge in [0.05, 0.1) is 23.6 Å². The van der Waals surface area contributed by atoms with Crippen LogP contribution in [0.2, 0.25) is 0 Å². The molecule has 7 heteroatoms. The van der Waals surface area contributed by atoms with Crippen molar-refractivity contribution >= 4 is 23.4 Å². The number of carbonyl (C=O) groups is 3. The molecule has 1 heterocycles. The molecule has 2 aliphatic rings. The number of allylic oxidation sites excluding steroid dienone is 2. The minimum Gasteiger partial charge on any atom is -0.350 e. The lowest BCUT2D eigenvalue weighted by molar-refractivity contribution is -0.139. The van der Waals surface area contributed by atoms with Crippen LogP contribution >= 0.6 is 0 Å². The van der Waals surface area contributed by atoms with Gasteiger partial charge >= 0.3 is 0 Å². The lowest BCUT2D eigenvalue weighted by Crippen LogP contribution is -2.59. The van der Waals surface area contributed by atoms with Gasteiger partial charge in [-0.15, -0.1) is 0 Å². The van der Waals surface area contributed by atoms with Gasteiger partial charge in [0.1, 0.15) is 0 Å². The van der Waals surface area contributed by atoms with E-state index >= 15 is 0 Å². The van der Waals surface area contributed by atoms with Crippen molar-refractivity contribution in [3.8, 4) is 0 Å². The third-order valence-corrected chi connectivity index (χ3v) is 6.75. The van der Waals surface area contributed by atoms with Crippen molar-refractivity contribution in [2.24, 2.45) is 11.8 Å². The molecule has 1 saturated heterocycles. The number of likely N-dealkylation sites (N-methyl/N-ethyl adjacent to an activating group) is 1. The Hall–Kier alpha value is -3.45. The number of amides is 3. The van der Waals surface area contributed by atoms with Crippen LogP contribution in [0.15, 0.2) is 60.7 Å². The van der Waals surface area contributed by atoms with Crippen LogP contribution in [0, 0.1) is 11.8 Å². The number of aryl methyl sites for hydroxylation is 1. The predicted molar refractivity (Wildman–Crippen MR) is 132 cm³/mol. The molecule has 3 unspecified atom stereocenters. The third kappa shape index (κ3) is 4.89. The molecule has 178 valence electrons. The van der Waals surface area contributed by atoms with Crippen LogP contribution in [0.3, 0.4) is 0 Å². The maximum Gasteiger partial charge on any atom is 0.251 e. The van der Waals surface area contributed by atoms with Crippen LogP contribution in [0.1, 0.15) is 47.3 Å². The maximum atomic E-state index is 13.1. The molecule has 2 aromatic rings. The van der Waals surface area contributed by atoms with Crippen LogP contribution in [0.25, 0.3) is 0 Å². The van der Waals surface area contributed by atoms with Gasteiger partial charge in [-0.05, 0) is 62.7 Å². The summed E-state index contributed by atoms with van der Waals surface area (Å²) < 4.78 is 0. The number of fused-ring (bicyclic) bond motifs is 1. The van der Waals surface area contributed by atoms with Crippen molar-refractivity contribution < 1.29 is 14.4 Å². The van der Waals surface area contributed by atoms with Gasteiger partial charge in [-0.1, -0.05) is 49.4 Å². The summed E-state index contributed by atoms with van der Waals surface area (Å²) in [5.74, 6) is -1.22. The largest absolute Gasteiger partial charge is 0.350 e. The molecule has 1 aliphatic heterocycles. The molecule has 0 saturated carbocycles. The first kappa shape index (κ1) is 23.7. The highest BCUT2D eigenvalue weighted by Crippen LogP contribution is 2.32. The molecule has 3 atom stereocenters. The van der Waals surface area contributed by atoms with Gasteiger partial charge in [0.25, 0.3) is 5.91 Å². The number of hydrogen-bond donors (Lipinski definition) is 2. The van der Waals surface area contributed by atoms with E-state index in [2.05, 4.69) is 46.8 Å². The van der Waals surface area contributed by atoms with Crippen LogP contribution in [-0.2, 0) is 16.0 Å². The quantitative estimate of drug-likeness (QED) is 0.622. The molecule has 2 N–H and O–H groups in total. The molecular weight excluding hydrogens is 428 g/mol. The lowest BCUT2D eigenvalue weighted by Gasteiger charge is -2.38. The summed E-state index contributed by atoms with van der Waals surface area (Å²) in [6.07, 6.45) is 6.02. The Kier molecular flexibility index (Phi) is 7.12. The monoisotopic (exact) mass is 460 g/mol. The standard InChI is InChI=1S/C27H32N4O3/c1-4-18-12-14-19(15-13-18)24(30(2)3)17-28-25(32)20-8-7-9-21(16-20)31-27(34)23-11-6-5-10-22(23)26(33)29-31/h5-9,12-16,22-24H,4,10-11,17H2,1-3H3,(H,28,32)(H,29,33). The molecule has 1 aliphatic carbocycles. The summed E-state index contributed by atoms with van der Waals surface area (Å²) in [4.78, 5) is 40.7. The van der Waals surface area contributed by atoms with E-state index in [0.717, 1.165) is 12.0 Å². The first-order valence-electron chi connectivity index (χ1n) is 11.8. The number of nitrogens with zero attached hydrogens (tertiary/aromatic N) is 2. The summed E-state index contributed by atoms with van der Waals surface area (Å²) in [5.41, 5.74) is 6.04. The average Bonchev–Trinajstić information content (AvgIpc) is 2.86. The second-order valence-electron chi connectivity index (χ2n) is 9.14. The normalized spacial score (nSPS) is 20.6. The molecule has 4 rings (SSSR count). The fourth-order valence-corrected chi connectivity index (χ4v) is 4.63. The molecule has 0 radical (unpaired) electrons. The van der Waals surface area contributed by atoms with E-state index in [9.17, 15) is 14.4 Å². The summed E-state index contributed by atoms with van der Waals surface area (Å²) in [6, 6.07) is 15.3. The predicted octanol–water partition coefficient (Wildman–Crippen LogP) is 3.24. The van der Waals surface area contributed by atoms with Crippen molar-refractivity contribution in [1.82, 2.24) is 15.6 Å². The Labute approximate surface area is 200 Å². The van der Waals surface area contributed by atoms with Crippen molar-refractivity contribution in [2.75, 3.05) is 25.6 Å². The first-order chi connectivity index (χ1) is 16.4. The number of nitrogens with one attached hydrogen (secondary N) is 2. The van der Waals surface area contributed by atoms with Gasteiger partial charge < -0.3 is 10.2 Å². The zero-order valence-electron chi connectivity index (χ0n) is 20.0. The number of hydrazine groups is 1. The van der Waals surface area contributed by atoms with E-state index in [0.29, 0.717) is 30.6 Å². The number of hydrogen-bond acceptors (Lipinski definition) is 4. The van der Waals surface area contributed by atoms with E-state index in [1.54, 1.807) is 24.3 Å². The Morgan fingerprint density at radius 1 is 1.09 bits per heavy atom. The van der Waals surface area contributed by atoms with Crippen molar-refractivity contribution in [3.05, 3.63) is 77.4 Å². The highest BCUT2D eigenvalue weighted by Gasteiger charge is 2.42. The van der Waals surface area contributed by atoms with Crippen LogP contribution < -0.4 is 15.8 Å². The maximum absolute atomic E-state index is 13.1.